The average molecular weight is 424 g/mol. The molecule has 24 heavy (non-hydrogen) atoms. The van der Waals surface area contributed by atoms with Gasteiger partial charge in [0, 0.05) is 20.4 Å². The fraction of sp³-hybridized carbons (Fsp3) is 0.0588. The maximum atomic E-state index is 11.9. The van der Waals surface area contributed by atoms with Gasteiger partial charge in [0.05, 0.1) is 5.69 Å². The quantitative estimate of drug-likeness (QED) is 0.610. The third-order valence-corrected chi connectivity index (χ3v) is 4.56. The maximum absolute atomic E-state index is 11.9. The molecule has 0 atom stereocenters. The van der Waals surface area contributed by atoms with Crippen LogP contribution in [0.15, 0.2) is 58.4 Å². The first-order valence-corrected chi connectivity index (χ1v) is 9.05. The molecule has 3 aromatic rings. The molecule has 0 unspecified atom stereocenters. The van der Waals surface area contributed by atoms with E-state index in [1.54, 1.807) is 24.3 Å². The van der Waals surface area contributed by atoms with Crippen molar-refractivity contribution >= 4 is 49.9 Å². The van der Waals surface area contributed by atoms with E-state index in [0.29, 0.717) is 15.9 Å². The molecule has 2 aromatic carbocycles. The number of carbonyl (C=O) groups is 1. The second-order valence-corrected chi connectivity index (χ2v) is 7.05. The number of nitrogens with one attached hydrogen (secondary N) is 1. The van der Waals surface area contributed by atoms with Gasteiger partial charge in [-0.05, 0) is 36.4 Å². The molecule has 122 valence electrons. The van der Waals surface area contributed by atoms with Crippen molar-refractivity contribution in [2.75, 3.05) is 11.9 Å². The zero-order chi connectivity index (χ0) is 16.9. The molecule has 0 aliphatic rings. The van der Waals surface area contributed by atoms with Crippen molar-refractivity contribution in [1.29, 1.82) is 0 Å². The van der Waals surface area contributed by atoms with E-state index in [2.05, 4.69) is 26.2 Å². The zero-order valence-electron chi connectivity index (χ0n) is 12.3. The lowest BCUT2D eigenvalue weighted by Gasteiger charge is -2.05. The highest BCUT2D eigenvalue weighted by atomic mass is 79.9. The van der Waals surface area contributed by atoms with Crippen molar-refractivity contribution < 1.29 is 9.53 Å². The van der Waals surface area contributed by atoms with Gasteiger partial charge in [0.2, 0.25) is 0 Å². The number of benzene rings is 2. The van der Waals surface area contributed by atoms with Crippen LogP contribution in [0.5, 0.6) is 5.75 Å². The van der Waals surface area contributed by atoms with E-state index in [4.69, 9.17) is 16.3 Å². The molecule has 0 aliphatic heterocycles. The molecule has 0 bridgehead atoms. The summed E-state index contributed by atoms with van der Waals surface area (Å²) in [6.07, 6.45) is 0. The van der Waals surface area contributed by atoms with Crippen molar-refractivity contribution in [3.63, 3.8) is 0 Å². The summed E-state index contributed by atoms with van der Waals surface area (Å²) in [5, 5.41) is 5.79. The third kappa shape index (κ3) is 4.56. The number of halogens is 2. The predicted octanol–water partition coefficient (Wildman–Crippen LogP) is 5.24. The van der Waals surface area contributed by atoms with Crippen LogP contribution in [0.1, 0.15) is 0 Å². The Morgan fingerprint density at radius 2 is 2.04 bits per heavy atom. The van der Waals surface area contributed by atoms with Crippen LogP contribution >= 0.6 is 38.9 Å². The number of amides is 1. The fourth-order valence-corrected chi connectivity index (χ4v) is 3.21. The lowest BCUT2D eigenvalue weighted by atomic mass is 10.2. The molecule has 1 heterocycles. The normalized spacial score (nSPS) is 10.4. The van der Waals surface area contributed by atoms with E-state index in [-0.39, 0.29) is 12.5 Å². The Morgan fingerprint density at radius 1 is 1.25 bits per heavy atom. The first-order chi connectivity index (χ1) is 11.6. The van der Waals surface area contributed by atoms with Gasteiger partial charge in [-0.2, -0.15) is 0 Å². The fourth-order valence-electron chi connectivity index (χ4n) is 1.95. The number of ether oxygens (including phenoxy) is 1. The molecular weight excluding hydrogens is 412 g/mol. The Balaban J connectivity index is 1.58. The van der Waals surface area contributed by atoms with Gasteiger partial charge in [-0.3, -0.25) is 10.1 Å². The summed E-state index contributed by atoms with van der Waals surface area (Å²) in [5.41, 5.74) is 1.80. The Labute approximate surface area is 156 Å². The number of hydrogen-bond acceptors (Lipinski definition) is 4. The molecule has 7 heteroatoms. The van der Waals surface area contributed by atoms with Crippen molar-refractivity contribution in [3.05, 3.63) is 63.4 Å². The van der Waals surface area contributed by atoms with Crippen LogP contribution in [0.2, 0.25) is 5.02 Å². The lowest BCUT2D eigenvalue weighted by Crippen LogP contribution is -2.20. The number of carbonyl (C=O) groups excluding carboxylic acids is 1. The van der Waals surface area contributed by atoms with Gasteiger partial charge in [-0.15, -0.1) is 11.3 Å². The highest BCUT2D eigenvalue weighted by Gasteiger charge is 2.09. The molecule has 0 saturated heterocycles. The molecule has 1 amide bonds. The van der Waals surface area contributed by atoms with Gasteiger partial charge in [-0.1, -0.05) is 39.7 Å². The monoisotopic (exact) mass is 422 g/mol. The number of aromatic nitrogens is 1. The maximum Gasteiger partial charge on any atom is 0.264 e. The molecule has 3 rings (SSSR count). The Hall–Kier alpha value is -1.89. The summed E-state index contributed by atoms with van der Waals surface area (Å²) >= 11 is 10.6. The van der Waals surface area contributed by atoms with E-state index < -0.39 is 0 Å². The van der Waals surface area contributed by atoms with Gasteiger partial charge in [0.25, 0.3) is 5.91 Å². The second-order valence-electron chi connectivity index (χ2n) is 4.84. The minimum Gasteiger partial charge on any atom is -0.484 e. The molecule has 1 N–H and O–H groups in total. The zero-order valence-corrected chi connectivity index (χ0v) is 15.5. The highest BCUT2D eigenvalue weighted by molar-refractivity contribution is 9.10. The SMILES string of the molecule is O=C(COc1ccc(Cl)cc1)Nc1nc(-c2cccc(Br)c2)cs1. The molecule has 0 saturated carbocycles. The third-order valence-electron chi connectivity index (χ3n) is 3.05. The molecule has 4 nitrogen and oxygen atoms in total. The van der Waals surface area contributed by atoms with Crippen LogP contribution in [0.4, 0.5) is 5.13 Å². The molecule has 0 fully saturated rings. The number of rotatable bonds is 5. The minimum absolute atomic E-state index is 0.0899. The van der Waals surface area contributed by atoms with Crippen LogP contribution in [0.3, 0.4) is 0 Å². The van der Waals surface area contributed by atoms with Gasteiger partial charge >= 0.3 is 0 Å². The second kappa shape index (κ2) is 7.79. The first kappa shape index (κ1) is 17.0. The summed E-state index contributed by atoms with van der Waals surface area (Å²) in [7, 11) is 0. The minimum atomic E-state index is -0.264. The van der Waals surface area contributed by atoms with Crippen molar-refractivity contribution in [1.82, 2.24) is 4.98 Å². The van der Waals surface area contributed by atoms with Crippen LogP contribution < -0.4 is 10.1 Å². The molecule has 1 aromatic heterocycles. The topological polar surface area (TPSA) is 51.2 Å². The molecule has 0 spiro atoms. The Kier molecular flexibility index (Phi) is 5.50. The Bertz CT molecular complexity index is 852. The first-order valence-electron chi connectivity index (χ1n) is 7.00. The van der Waals surface area contributed by atoms with Gasteiger partial charge < -0.3 is 4.74 Å². The molecular formula is C17H12BrClN2O2S. The summed E-state index contributed by atoms with van der Waals surface area (Å²) in [5.74, 6) is 0.323. The van der Waals surface area contributed by atoms with E-state index in [9.17, 15) is 4.79 Å². The van der Waals surface area contributed by atoms with Crippen LogP contribution in [0, 0.1) is 0 Å². The van der Waals surface area contributed by atoms with E-state index in [1.807, 2.05) is 29.6 Å². The number of hydrogen-bond donors (Lipinski definition) is 1. The number of thiazole rings is 1. The van der Waals surface area contributed by atoms with Crippen molar-refractivity contribution in [2.24, 2.45) is 0 Å². The summed E-state index contributed by atoms with van der Waals surface area (Å²) in [6.45, 7) is -0.0899. The smallest absolute Gasteiger partial charge is 0.264 e. The lowest BCUT2D eigenvalue weighted by molar-refractivity contribution is -0.118. The van der Waals surface area contributed by atoms with E-state index >= 15 is 0 Å². The highest BCUT2D eigenvalue weighted by Crippen LogP contribution is 2.26. The van der Waals surface area contributed by atoms with Gasteiger partial charge in [0.15, 0.2) is 11.7 Å². The van der Waals surface area contributed by atoms with Gasteiger partial charge in [0.1, 0.15) is 5.75 Å². The van der Waals surface area contributed by atoms with Crippen molar-refractivity contribution in [3.8, 4) is 17.0 Å². The van der Waals surface area contributed by atoms with Crippen LogP contribution in [-0.4, -0.2) is 17.5 Å². The summed E-state index contributed by atoms with van der Waals surface area (Å²) in [4.78, 5) is 16.4. The average Bonchev–Trinajstić information content (AvgIpc) is 3.03. The van der Waals surface area contributed by atoms with Crippen LogP contribution in [0.25, 0.3) is 11.3 Å². The summed E-state index contributed by atoms with van der Waals surface area (Å²) in [6, 6.07) is 14.7. The molecule has 0 aliphatic carbocycles. The van der Waals surface area contributed by atoms with Crippen LogP contribution in [-0.2, 0) is 4.79 Å². The largest absolute Gasteiger partial charge is 0.484 e. The van der Waals surface area contributed by atoms with E-state index in [1.165, 1.54) is 11.3 Å². The Morgan fingerprint density at radius 3 is 2.79 bits per heavy atom. The molecule has 0 radical (unpaired) electrons. The van der Waals surface area contributed by atoms with Crippen molar-refractivity contribution in [2.45, 2.75) is 0 Å². The predicted molar refractivity (Wildman–Crippen MR) is 101 cm³/mol. The standard InChI is InChI=1S/C17H12BrClN2O2S/c18-12-3-1-2-11(8-12)15-10-24-17(20-15)21-16(22)9-23-14-6-4-13(19)5-7-14/h1-8,10H,9H2,(H,20,21,22). The van der Waals surface area contributed by atoms with E-state index in [0.717, 1.165) is 15.7 Å². The van der Waals surface area contributed by atoms with Gasteiger partial charge in [-0.25, -0.2) is 4.98 Å². The summed E-state index contributed by atoms with van der Waals surface area (Å²) < 4.78 is 6.38. The number of nitrogens with zero attached hydrogens (tertiary/aromatic N) is 1. The number of anilines is 1.